The maximum Gasteiger partial charge on any atom is 0.326 e. The third-order valence-corrected chi connectivity index (χ3v) is 5.68. The first kappa shape index (κ1) is 12.2. The van der Waals surface area contributed by atoms with Crippen molar-refractivity contribution in [3.8, 4) is 0 Å². The molecule has 0 unspecified atom stereocenters. The van der Waals surface area contributed by atoms with Crippen LogP contribution in [0, 0.1) is 0 Å². The van der Waals surface area contributed by atoms with E-state index in [1.54, 1.807) is 4.90 Å². The van der Waals surface area contributed by atoms with Gasteiger partial charge in [-0.25, -0.2) is 0 Å². The molecule has 1 rings (SSSR count). The number of carboxylic acid groups (broad SMARTS) is 1. The van der Waals surface area contributed by atoms with E-state index >= 15 is 0 Å². The Morgan fingerprint density at radius 2 is 1.93 bits per heavy atom. The van der Waals surface area contributed by atoms with Crippen LogP contribution in [0.3, 0.4) is 0 Å². The Morgan fingerprint density at radius 3 is 2.07 bits per heavy atom. The van der Waals surface area contributed by atoms with Gasteiger partial charge in [0.15, 0.2) is 0 Å². The van der Waals surface area contributed by atoms with Crippen LogP contribution in [0.15, 0.2) is 0 Å². The Hall–Kier alpha value is -0.843. The van der Waals surface area contributed by atoms with Crippen molar-refractivity contribution in [2.75, 3.05) is 0 Å². The third-order valence-electron chi connectivity index (χ3n) is 3.07. The first-order valence-corrected chi connectivity index (χ1v) is 8.09. The minimum Gasteiger partial charge on any atom is -0.480 e. The number of β-lactam (4-membered cyclic amide) rings is 1. The van der Waals surface area contributed by atoms with Crippen LogP contribution in [0.1, 0.15) is 27.2 Å². The number of hydrogen-bond acceptors (Lipinski definition) is 2. The molecule has 5 heteroatoms. The standard InChI is InChI=1S/C10H19NO3Si/c1-9(2,3)11-7(12)6-10(11,8(13)14)15(4)5/h15H,6H2,1-5H3,(H,13,14)/t10-/m0/s1. The number of likely N-dealkylation sites (tertiary alicyclic amines) is 1. The van der Waals surface area contributed by atoms with Crippen LogP contribution in [0.4, 0.5) is 0 Å². The number of amides is 1. The van der Waals surface area contributed by atoms with Gasteiger partial charge in [-0.05, 0) is 20.8 Å². The molecular formula is C10H19NO3Si. The molecule has 1 aliphatic heterocycles. The molecule has 0 aliphatic carbocycles. The summed E-state index contributed by atoms with van der Waals surface area (Å²) in [7, 11) is -1.46. The number of carboxylic acids is 1. The summed E-state index contributed by atoms with van der Waals surface area (Å²) in [6.45, 7) is 9.63. The average Bonchev–Trinajstić information content (AvgIpc) is 1.93. The lowest BCUT2D eigenvalue weighted by Crippen LogP contribution is -2.77. The van der Waals surface area contributed by atoms with Gasteiger partial charge in [0.25, 0.3) is 0 Å². The molecule has 0 aromatic rings. The fourth-order valence-corrected chi connectivity index (χ4v) is 4.50. The van der Waals surface area contributed by atoms with Crippen LogP contribution < -0.4 is 0 Å². The number of hydrogen-bond donors (Lipinski definition) is 1. The highest BCUT2D eigenvalue weighted by atomic mass is 28.3. The first-order valence-electron chi connectivity index (χ1n) is 5.20. The van der Waals surface area contributed by atoms with Gasteiger partial charge in [0.1, 0.15) is 5.16 Å². The summed E-state index contributed by atoms with van der Waals surface area (Å²) in [5.74, 6) is -0.871. The molecular weight excluding hydrogens is 210 g/mol. The Bertz CT molecular complexity index is 308. The normalized spacial score (nSPS) is 26.8. The van der Waals surface area contributed by atoms with E-state index in [1.165, 1.54) is 0 Å². The molecule has 0 aromatic heterocycles. The van der Waals surface area contributed by atoms with Crippen LogP contribution >= 0.6 is 0 Å². The van der Waals surface area contributed by atoms with E-state index < -0.39 is 25.5 Å². The SMILES string of the molecule is C[SiH](C)[C@]1(C(=O)O)CC(=O)N1C(C)(C)C. The van der Waals surface area contributed by atoms with E-state index in [-0.39, 0.29) is 12.3 Å². The van der Waals surface area contributed by atoms with E-state index in [0.717, 1.165) is 0 Å². The molecule has 15 heavy (non-hydrogen) atoms. The van der Waals surface area contributed by atoms with Crippen LogP contribution in [0.5, 0.6) is 0 Å². The highest BCUT2D eigenvalue weighted by Gasteiger charge is 2.62. The van der Waals surface area contributed by atoms with Gasteiger partial charge < -0.3 is 10.0 Å². The highest BCUT2D eigenvalue weighted by molar-refractivity contribution is 6.65. The molecule has 1 heterocycles. The number of carbonyl (C=O) groups excluding carboxylic acids is 1. The fourth-order valence-electron chi connectivity index (χ4n) is 2.37. The molecule has 1 aliphatic rings. The topological polar surface area (TPSA) is 57.6 Å². The molecule has 1 saturated heterocycles. The number of nitrogens with zero attached hydrogens (tertiary/aromatic N) is 1. The van der Waals surface area contributed by atoms with Crippen molar-refractivity contribution < 1.29 is 14.7 Å². The van der Waals surface area contributed by atoms with Crippen LogP contribution in [-0.2, 0) is 9.59 Å². The predicted octanol–water partition coefficient (Wildman–Crippen LogP) is 0.866. The summed E-state index contributed by atoms with van der Waals surface area (Å²) < 4.78 is 0. The molecule has 0 aromatic carbocycles. The van der Waals surface area contributed by atoms with E-state index in [4.69, 9.17) is 0 Å². The maximum atomic E-state index is 11.6. The largest absolute Gasteiger partial charge is 0.480 e. The lowest BCUT2D eigenvalue weighted by atomic mass is 9.91. The second-order valence-corrected chi connectivity index (χ2v) is 8.73. The Labute approximate surface area is 91.9 Å². The molecule has 1 atom stereocenters. The Kier molecular flexibility index (Phi) is 2.72. The molecule has 4 nitrogen and oxygen atoms in total. The van der Waals surface area contributed by atoms with Crippen LogP contribution in [-0.4, -0.2) is 41.4 Å². The molecule has 1 amide bonds. The fraction of sp³-hybridized carbons (Fsp3) is 0.800. The summed E-state index contributed by atoms with van der Waals surface area (Å²) in [4.78, 5) is 24.5. The molecule has 1 N–H and O–H groups in total. The predicted molar refractivity (Wildman–Crippen MR) is 60.5 cm³/mol. The van der Waals surface area contributed by atoms with Gasteiger partial charge in [0, 0.05) is 5.54 Å². The zero-order valence-corrected chi connectivity index (χ0v) is 11.2. The number of aliphatic carboxylic acids is 1. The second kappa shape index (κ2) is 3.33. The van der Waals surface area contributed by atoms with Gasteiger partial charge in [-0.15, -0.1) is 0 Å². The molecule has 0 saturated carbocycles. The van der Waals surface area contributed by atoms with Gasteiger partial charge >= 0.3 is 5.97 Å². The lowest BCUT2D eigenvalue weighted by Gasteiger charge is -2.57. The summed E-state index contributed by atoms with van der Waals surface area (Å²) in [6, 6.07) is 0. The summed E-state index contributed by atoms with van der Waals surface area (Å²) >= 11 is 0. The maximum absolute atomic E-state index is 11.6. The molecule has 0 spiro atoms. The van der Waals surface area contributed by atoms with Gasteiger partial charge in [-0.3, -0.25) is 9.59 Å². The van der Waals surface area contributed by atoms with Gasteiger partial charge in [0.2, 0.25) is 5.91 Å². The summed E-state index contributed by atoms with van der Waals surface area (Å²) in [5, 5.41) is 8.48. The first-order chi connectivity index (χ1) is 6.64. The quantitative estimate of drug-likeness (QED) is 0.564. The van der Waals surface area contributed by atoms with Gasteiger partial charge in [-0.2, -0.15) is 0 Å². The molecule has 1 fully saturated rings. The average molecular weight is 229 g/mol. The van der Waals surface area contributed by atoms with Crippen LogP contribution in [0.2, 0.25) is 13.1 Å². The van der Waals surface area contributed by atoms with Crippen molar-refractivity contribution in [2.24, 2.45) is 0 Å². The van der Waals surface area contributed by atoms with Crippen molar-refractivity contribution in [3.63, 3.8) is 0 Å². The van der Waals surface area contributed by atoms with Crippen molar-refractivity contribution in [1.29, 1.82) is 0 Å². The van der Waals surface area contributed by atoms with E-state index in [0.29, 0.717) is 0 Å². The highest BCUT2D eigenvalue weighted by Crippen LogP contribution is 2.40. The van der Waals surface area contributed by atoms with Crippen LogP contribution in [0.25, 0.3) is 0 Å². The van der Waals surface area contributed by atoms with Gasteiger partial charge in [0.05, 0.1) is 15.2 Å². The Morgan fingerprint density at radius 1 is 1.47 bits per heavy atom. The van der Waals surface area contributed by atoms with Crippen molar-refractivity contribution >= 4 is 20.7 Å². The zero-order chi connectivity index (χ0) is 12.0. The van der Waals surface area contributed by atoms with E-state index in [2.05, 4.69) is 0 Å². The zero-order valence-electron chi connectivity index (χ0n) is 10.00. The van der Waals surface area contributed by atoms with E-state index in [1.807, 2.05) is 33.9 Å². The third kappa shape index (κ3) is 1.58. The van der Waals surface area contributed by atoms with Crippen molar-refractivity contribution in [3.05, 3.63) is 0 Å². The van der Waals surface area contributed by atoms with Crippen molar-refractivity contribution in [2.45, 2.75) is 51.0 Å². The smallest absolute Gasteiger partial charge is 0.326 e. The minimum atomic E-state index is -1.46. The van der Waals surface area contributed by atoms with E-state index in [9.17, 15) is 14.7 Å². The molecule has 0 radical (unpaired) electrons. The molecule has 86 valence electrons. The second-order valence-electron chi connectivity index (χ2n) is 5.46. The summed E-state index contributed by atoms with van der Waals surface area (Å²) in [6.07, 6.45) is 0.184. The summed E-state index contributed by atoms with van der Waals surface area (Å²) in [5.41, 5.74) is -0.398. The number of carbonyl (C=O) groups is 2. The Balaban J connectivity index is 3.14. The van der Waals surface area contributed by atoms with Crippen molar-refractivity contribution in [1.82, 2.24) is 4.90 Å². The monoisotopic (exact) mass is 229 g/mol. The molecule has 0 bridgehead atoms. The number of rotatable bonds is 2. The van der Waals surface area contributed by atoms with Gasteiger partial charge in [-0.1, -0.05) is 13.1 Å². The lowest BCUT2D eigenvalue weighted by molar-refractivity contribution is -0.175. The minimum absolute atomic E-state index is 0.0360.